The zero-order valence-corrected chi connectivity index (χ0v) is 11.1. The maximum absolute atomic E-state index is 12.1. The van der Waals surface area contributed by atoms with Crippen LogP contribution in [0.1, 0.15) is 16.1 Å². The molecule has 106 valence electrons. The summed E-state index contributed by atoms with van der Waals surface area (Å²) in [4.78, 5) is 10.7. The highest BCUT2D eigenvalue weighted by Crippen LogP contribution is 2.19. The molecule has 0 aliphatic rings. The van der Waals surface area contributed by atoms with Gasteiger partial charge in [-0.15, -0.1) is 0 Å². The summed E-state index contributed by atoms with van der Waals surface area (Å²) in [5, 5.41) is 9.04. The molecule has 7 nitrogen and oxygen atoms in total. The molecule has 1 aromatic heterocycles. The van der Waals surface area contributed by atoms with Gasteiger partial charge in [-0.1, -0.05) is 0 Å². The summed E-state index contributed by atoms with van der Waals surface area (Å²) in [7, 11) is -3.98. The number of carboxylic acids is 1. The minimum Gasteiger partial charge on any atom is -0.478 e. The second-order valence-electron chi connectivity index (χ2n) is 3.96. The number of carboxylic acid groups (broad SMARTS) is 1. The molecule has 0 spiro atoms. The molecule has 2 aromatic rings. The van der Waals surface area contributed by atoms with E-state index in [4.69, 9.17) is 15.3 Å². The van der Waals surface area contributed by atoms with Gasteiger partial charge in [0.1, 0.15) is 5.76 Å². The average Bonchev–Trinajstić information content (AvgIpc) is 2.89. The van der Waals surface area contributed by atoms with E-state index < -0.39 is 16.0 Å². The number of furan rings is 1. The fourth-order valence-electron chi connectivity index (χ4n) is 1.61. The van der Waals surface area contributed by atoms with E-state index in [9.17, 15) is 13.2 Å². The van der Waals surface area contributed by atoms with Crippen molar-refractivity contribution < 1.29 is 22.7 Å². The van der Waals surface area contributed by atoms with E-state index >= 15 is 0 Å². The van der Waals surface area contributed by atoms with Gasteiger partial charge < -0.3 is 15.3 Å². The van der Waals surface area contributed by atoms with Crippen LogP contribution in [0.5, 0.6) is 0 Å². The molecule has 0 bridgehead atoms. The van der Waals surface area contributed by atoms with Crippen LogP contribution in [-0.4, -0.2) is 19.5 Å². The largest absolute Gasteiger partial charge is 0.478 e. The molecule has 2 rings (SSSR count). The van der Waals surface area contributed by atoms with Gasteiger partial charge in [0.05, 0.1) is 23.3 Å². The van der Waals surface area contributed by atoms with Gasteiger partial charge in [0, 0.05) is 5.69 Å². The van der Waals surface area contributed by atoms with Gasteiger partial charge >= 0.3 is 5.97 Å². The number of nitrogens with two attached hydrogens (primary N) is 1. The van der Waals surface area contributed by atoms with Crippen molar-refractivity contribution in [2.75, 3.05) is 5.73 Å². The van der Waals surface area contributed by atoms with E-state index in [-0.39, 0.29) is 22.7 Å². The Kier molecular flexibility index (Phi) is 3.77. The fraction of sp³-hybridized carbons (Fsp3) is 0.0833. The molecule has 20 heavy (non-hydrogen) atoms. The number of nitrogen functional groups attached to an aromatic ring is 1. The molecule has 0 atom stereocenters. The standard InChI is InChI=1S/C12H12N2O5S/c13-8-3-4-11(10(6-8)12(15)16)20(17,18)14-7-9-2-1-5-19-9/h1-6,14H,7,13H2,(H,15,16). The summed E-state index contributed by atoms with van der Waals surface area (Å²) < 4.78 is 31.5. The summed E-state index contributed by atoms with van der Waals surface area (Å²) in [5.74, 6) is -0.948. The van der Waals surface area contributed by atoms with Gasteiger partial charge in [-0.2, -0.15) is 0 Å². The monoisotopic (exact) mass is 296 g/mol. The van der Waals surface area contributed by atoms with Crippen molar-refractivity contribution in [3.8, 4) is 0 Å². The van der Waals surface area contributed by atoms with Crippen molar-refractivity contribution in [3.63, 3.8) is 0 Å². The smallest absolute Gasteiger partial charge is 0.337 e. The van der Waals surface area contributed by atoms with Gasteiger partial charge in [0.2, 0.25) is 10.0 Å². The van der Waals surface area contributed by atoms with Crippen molar-refractivity contribution in [2.24, 2.45) is 0 Å². The molecular formula is C12H12N2O5S. The maximum Gasteiger partial charge on any atom is 0.337 e. The first-order valence-electron chi connectivity index (χ1n) is 5.55. The highest BCUT2D eigenvalue weighted by Gasteiger charge is 2.22. The second kappa shape index (κ2) is 5.35. The van der Waals surface area contributed by atoms with Crippen molar-refractivity contribution in [1.82, 2.24) is 4.72 Å². The summed E-state index contributed by atoms with van der Waals surface area (Å²) in [6, 6.07) is 6.81. The number of hydrogen-bond donors (Lipinski definition) is 3. The Hall–Kier alpha value is -2.32. The molecule has 0 unspecified atom stereocenters. The van der Waals surface area contributed by atoms with Crippen LogP contribution in [0.3, 0.4) is 0 Å². The third kappa shape index (κ3) is 2.98. The lowest BCUT2D eigenvalue weighted by Gasteiger charge is -2.09. The molecule has 0 aliphatic carbocycles. The van der Waals surface area contributed by atoms with Gasteiger partial charge in [-0.05, 0) is 30.3 Å². The van der Waals surface area contributed by atoms with Crippen LogP contribution in [0.4, 0.5) is 5.69 Å². The van der Waals surface area contributed by atoms with Crippen LogP contribution in [0.2, 0.25) is 0 Å². The van der Waals surface area contributed by atoms with Crippen molar-refractivity contribution in [3.05, 3.63) is 47.9 Å². The Morgan fingerprint density at radius 1 is 1.35 bits per heavy atom. The Labute approximate surface area is 115 Å². The molecular weight excluding hydrogens is 284 g/mol. The lowest BCUT2D eigenvalue weighted by Crippen LogP contribution is -2.25. The second-order valence-corrected chi connectivity index (χ2v) is 5.70. The zero-order chi connectivity index (χ0) is 14.8. The molecule has 0 amide bonds. The minimum absolute atomic E-state index is 0.0707. The molecule has 0 saturated carbocycles. The average molecular weight is 296 g/mol. The molecule has 0 saturated heterocycles. The molecule has 1 heterocycles. The summed E-state index contributed by atoms with van der Waals surface area (Å²) in [5.41, 5.74) is 5.26. The van der Waals surface area contributed by atoms with Crippen LogP contribution in [0.15, 0.2) is 45.9 Å². The molecule has 4 N–H and O–H groups in total. The first-order valence-corrected chi connectivity index (χ1v) is 7.03. The molecule has 8 heteroatoms. The first kappa shape index (κ1) is 14.1. The molecule has 1 aromatic carbocycles. The number of sulfonamides is 1. The van der Waals surface area contributed by atoms with E-state index in [0.717, 1.165) is 12.1 Å². The van der Waals surface area contributed by atoms with E-state index in [0.29, 0.717) is 5.76 Å². The van der Waals surface area contributed by atoms with Gasteiger partial charge in [-0.25, -0.2) is 17.9 Å². The zero-order valence-electron chi connectivity index (χ0n) is 10.2. The van der Waals surface area contributed by atoms with E-state index in [1.807, 2.05) is 0 Å². The number of anilines is 1. The van der Waals surface area contributed by atoms with E-state index in [2.05, 4.69) is 4.72 Å². The number of hydrogen-bond acceptors (Lipinski definition) is 5. The predicted octanol–water partition coefficient (Wildman–Crippen LogP) is 1.04. The number of carbonyl (C=O) groups is 1. The number of nitrogens with one attached hydrogen (secondary N) is 1. The van der Waals surface area contributed by atoms with Crippen molar-refractivity contribution in [1.29, 1.82) is 0 Å². The highest BCUT2D eigenvalue weighted by atomic mass is 32.2. The van der Waals surface area contributed by atoms with Crippen LogP contribution in [0.25, 0.3) is 0 Å². The third-order valence-electron chi connectivity index (χ3n) is 2.54. The Bertz CT molecular complexity index is 722. The topological polar surface area (TPSA) is 123 Å². The van der Waals surface area contributed by atoms with Crippen LogP contribution in [0, 0.1) is 0 Å². The Morgan fingerprint density at radius 3 is 2.70 bits per heavy atom. The Morgan fingerprint density at radius 2 is 2.10 bits per heavy atom. The van der Waals surface area contributed by atoms with Gasteiger partial charge in [0.15, 0.2) is 0 Å². The number of benzene rings is 1. The fourth-order valence-corrected chi connectivity index (χ4v) is 2.78. The normalized spacial score (nSPS) is 11.4. The van der Waals surface area contributed by atoms with Crippen LogP contribution >= 0.6 is 0 Å². The van der Waals surface area contributed by atoms with Crippen molar-refractivity contribution in [2.45, 2.75) is 11.4 Å². The number of rotatable bonds is 5. The summed E-state index contributed by atoms with van der Waals surface area (Å²) in [6.45, 7) is -0.0707. The predicted molar refractivity (Wildman–Crippen MR) is 70.5 cm³/mol. The SMILES string of the molecule is Nc1ccc(S(=O)(=O)NCc2ccco2)c(C(=O)O)c1. The molecule has 0 fully saturated rings. The lowest BCUT2D eigenvalue weighted by atomic mass is 10.2. The summed E-state index contributed by atoms with van der Waals surface area (Å²) >= 11 is 0. The van der Waals surface area contributed by atoms with E-state index in [1.165, 1.54) is 12.3 Å². The lowest BCUT2D eigenvalue weighted by molar-refractivity contribution is 0.0692. The summed E-state index contributed by atoms with van der Waals surface area (Å²) in [6.07, 6.45) is 1.41. The third-order valence-corrected chi connectivity index (χ3v) is 4.00. The van der Waals surface area contributed by atoms with Crippen LogP contribution < -0.4 is 10.5 Å². The van der Waals surface area contributed by atoms with Gasteiger partial charge in [-0.3, -0.25) is 0 Å². The highest BCUT2D eigenvalue weighted by molar-refractivity contribution is 7.89. The van der Waals surface area contributed by atoms with E-state index in [1.54, 1.807) is 12.1 Å². The molecule has 0 radical (unpaired) electrons. The van der Waals surface area contributed by atoms with Gasteiger partial charge in [0.25, 0.3) is 0 Å². The minimum atomic E-state index is -3.98. The maximum atomic E-state index is 12.1. The Balaban J connectivity index is 2.31. The van der Waals surface area contributed by atoms with Crippen molar-refractivity contribution >= 4 is 21.7 Å². The number of aromatic carboxylic acids is 1. The quantitative estimate of drug-likeness (QED) is 0.708. The molecule has 0 aliphatic heterocycles. The van der Waals surface area contributed by atoms with Crippen LogP contribution in [-0.2, 0) is 16.6 Å². The first-order chi connectivity index (χ1) is 9.40.